The molecule has 0 spiro atoms. The molecule has 1 aliphatic heterocycles. The number of ketones is 1. The summed E-state index contributed by atoms with van der Waals surface area (Å²) in [4.78, 5) is 24.6. The van der Waals surface area contributed by atoms with Crippen molar-refractivity contribution in [2.45, 2.75) is 39.7 Å². The number of benzene rings is 1. The van der Waals surface area contributed by atoms with Gasteiger partial charge in [-0.25, -0.2) is 0 Å². The van der Waals surface area contributed by atoms with Crippen LogP contribution in [0.4, 0.5) is 0 Å². The van der Waals surface area contributed by atoms with Crippen molar-refractivity contribution in [1.29, 1.82) is 0 Å². The highest BCUT2D eigenvalue weighted by molar-refractivity contribution is 6.13. The van der Waals surface area contributed by atoms with Crippen molar-refractivity contribution in [3.63, 3.8) is 0 Å². The van der Waals surface area contributed by atoms with Crippen LogP contribution < -0.4 is 10.6 Å². The van der Waals surface area contributed by atoms with Gasteiger partial charge in [-0.3, -0.25) is 9.59 Å². The second-order valence-electron chi connectivity index (χ2n) is 5.44. The van der Waals surface area contributed by atoms with Crippen LogP contribution in [0.2, 0.25) is 0 Å². The van der Waals surface area contributed by atoms with Crippen molar-refractivity contribution >= 4 is 11.7 Å². The van der Waals surface area contributed by atoms with Crippen molar-refractivity contribution in [2.75, 3.05) is 0 Å². The molecule has 4 heteroatoms. The zero-order valence-corrected chi connectivity index (χ0v) is 12.8. The third kappa shape index (κ3) is 2.84. The van der Waals surface area contributed by atoms with Gasteiger partial charge in [0.05, 0.1) is 0 Å². The molecule has 0 radical (unpaired) electrons. The van der Waals surface area contributed by atoms with Crippen LogP contribution in [-0.2, 0) is 9.59 Å². The third-order valence-corrected chi connectivity index (χ3v) is 4.31. The monoisotopic (exact) mass is 286 g/mol. The average Bonchev–Trinajstić information content (AvgIpc) is 2.49. The van der Waals surface area contributed by atoms with E-state index in [0.29, 0.717) is 18.7 Å². The molecule has 1 aliphatic rings. The van der Waals surface area contributed by atoms with E-state index in [0.717, 1.165) is 5.56 Å². The maximum Gasteiger partial charge on any atom is 0.239 e. The first-order valence-corrected chi connectivity index (χ1v) is 7.42. The minimum atomic E-state index is -0.902. The van der Waals surface area contributed by atoms with E-state index in [9.17, 15) is 9.59 Å². The smallest absolute Gasteiger partial charge is 0.239 e. The van der Waals surface area contributed by atoms with E-state index in [1.807, 2.05) is 51.1 Å². The van der Waals surface area contributed by atoms with E-state index in [2.05, 4.69) is 10.6 Å². The maximum atomic E-state index is 12.3. The van der Waals surface area contributed by atoms with Crippen molar-refractivity contribution in [3.05, 3.63) is 47.8 Å². The lowest BCUT2D eigenvalue weighted by molar-refractivity contribution is -0.141. The van der Waals surface area contributed by atoms with E-state index in [4.69, 9.17) is 0 Å². The molecule has 1 heterocycles. The number of rotatable bonds is 5. The Balaban J connectivity index is 2.16. The van der Waals surface area contributed by atoms with E-state index in [-0.39, 0.29) is 17.7 Å². The summed E-state index contributed by atoms with van der Waals surface area (Å²) in [6.07, 6.45) is 2.56. The summed E-state index contributed by atoms with van der Waals surface area (Å²) < 4.78 is 0. The molecule has 2 N–H and O–H groups in total. The highest BCUT2D eigenvalue weighted by Gasteiger charge is 2.44. The van der Waals surface area contributed by atoms with Crippen molar-refractivity contribution < 1.29 is 9.59 Å². The molecule has 0 aromatic heterocycles. The number of hydrogen-bond donors (Lipinski definition) is 2. The van der Waals surface area contributed by atoms with Gasteiger partial charge in [0.1, 0.15) is 11.2 Å². The molecule has 0 saturated carbocycles. The van der Waals surface area contributed by atoms with E-state index in [1.54, 1.807) is 0 Å². The fourth-order valence-electron chi connectivity index (χ4n) is 2.71. The Labute approximate surface area is 125 Å². The molecule has 1 aromatic rings. The molecule has 21 heavy (non-hydrogen) atoms. The molecule has 1 atom stereocenters. The van der Waals surface area contributed by atoms with Crippen LogP contribution in [0.3, 0.4) is 0 Å². The lowest BCUT2D eigenvalue weighted by atomic mass is 9.75. The van der Waals surface area contributed by atoms with Gasteiger partial charge in [0.2, 0.25) is 5.91 Å². The third-order valence-electron chi connectivity index (χ3n) is 4.31. The predicted molar refractivity (Wildman–Crippen MR) is 82.2 cm³/mol. The van der Waals surface area contributed by atoms with Gasteiger partial charge in [-0.1, -0.05) is 44.2 Å². The molecule has 112 valence electrons. The molecule has 0 saturated heterocycles. The Hall–Kier alpha value is -2.10. The number of nitrogens with one attached hydrogen (secondary N) is 2. The Kier molecular flexibility index (Phi) is 4.46. The van der Waals surface area contributed by atoms with Gasteiger partial charge in [-0.2, -0.15) is 0 Å². The SMILES string of the molecule is CCC1(CC)C(=O)C=C(NC(C)c2ccccc2)NC1=O. The van der Waals surface area contributed by atoms with Crippen LogP contribution in [0.15, 0.2) is 42.2 Å². The number of carbonyl (C=O) groups excluding carboxylic acids is 2. The summed E-state index contributed by atoms with van der Waals surface area (Å²) >= 11 is 0. The van der Waals surface area contributed by atoms with Crippen LogP contribution in [-0.4, -0.2) is 11.7 Å². The van der Waals surface area contributed by atoms with Gasteiger partial charge in [-0.05, 0) is 25.3 Å². The van der Waals surface area contributed by atoms with E-state index >= 15 is 0 Å². The Bertz CT molecular complexity index is 559. The summed E-state index contributed by atoms with van der Waals surface area (Å²) in [6.45, 7) is 5.74. The second-order valence-corrected chi connectivity index (χ2v) is 5.44. The maximum absolute atomic E-state index is 12.3. The quantitative estimate of drug-likeness (QED) is 0.818. The normalized spacial score (nSPS) is 18.7. The van der Waals surface area contributed by atoms with Crippen molar-refractivity contribution in [3.8, 4) is 0 Å². The summed E-state index contributed by atoms with van der Waals surface area (Å²) in [7, 11) is 0. The Morgan fingerprint density at radius 3 is 2.29 bits per heavy atom. The molecule has 0 aliphatic carbocycles. The van der Waals surface area contributed by atoms with Crippen LogP contribution >= 0.6 is 0 Å². The Morgan fingerprint density at radius 2 is 1.76 bits per heavy atom. The summed E-state index contributed by atoms with van der Waals surface area (Å²) in [5, 5.41) is 6.02. The first-order valence-electron chi connectivity index (χ1n) is 7.42. The van der Waals surface area contributed by atoms with Crippen LogP contribution in [0.5, 0.6) is 0 Å². The molecule has 2 rings (SSSR count). The molecular formula is C17H22N2O2. The molecule has 1 amide bonds. The fourth-order valence-corrected chi connectivity index (χ4v) is 2.71. The van der Waals surface area contributed by atoms with Gasteiger partial charge in [0.15, 0.2) is 5.78 Å². The number of allylic oxidation sites excluding steroid dienone is 1. The fraction of sp³-hybridized carbons (Fsp3) is 0.412. The zero-order valence-electron chi connectivity index (χ0n) is 12.8. The highest BCUT2D eigenvalue weighted by atomic mass is 16.2. The van der Waals surface area contributed by atoms with E-state index in [1.165, 1.54) is 6.08 Å². The molecule has 1 unspecified atom stereocenters. The minimum Gasteiger partial charge on any atom is -0.365 e. The van der Waals surface area contributed by atoms with Crippen LogP contribution in [0.1, 0.15) is 45.2 Å². The molecule has 4 nitrogen and oxygen atoms in total. The largest absolute Gasteiger partial charge is 0.365 e. The number of carbonyl (C=O) groups is 2. The minimum absolute atomic E-state index is 0.0151. The summed E-state index contributed by atoms with van der Waals surface area (Å²) in [6, 6.07) is 9.91. The van der Waals surface area contributed by atoms with Gasteiger partial charge >= 0.3 is 0 Å². The average molecular weight is 286 g/mol. The predicted octanol–water partition coefficient (Wildman–Crippen LogP) is 2.68. The second kappa shape index (κ2) is 6.12. The van der Waals surface area contributed by atoms with Crippen LogP contribution in [0, 0.1) is 5.41 Å². The molecular weight excluding hydrogens is 264 g/mol. The number of amides is 1. The van der Waals surface area contributed by atoms with Gasteiger partial charge in [0.25, 0.3) is 0 Å². The van der Waals surface area contributed by atoms with Gasteiger partial charge in [0, 0.05) is 12.1 Å². The van der Waals surface area contributed by atoms with Gasteiger partial charge < -0.3 is 10.6 Å². The topological polar surface area (TPSA) is 58.2 Å². The Morgan fingerprint density at radius 1 is 1.14 bits per heavy atom. The lowest BCUT2D eigenvalue weighted by Crippen LogP contribution is -2.51. The van der Waals surface area contributed by atoms with Gasteiger partial charge in [-0.15, -0.1) is 0 Å². The first-order chi connectivity index (χ1) is 10.0. The lowest BCUT2D eigenvalue weighted by Gasteiger charge is -2.33. The molecule has 0 bridgehead atoms. The van der Waals surface area contributed by atoms with E-state index < -0.39 is 5.41 Å². The standard InChI is InChI=1S/C17H22N2O2/c1-4-17(5-2)14(20)11-15(19-16(17)21)18-12(3)13-9-7-6-8-10-13/h6-12,18H,4-5H2,1-3H3,(H,19,21). The number of hydrogen-bond acceptors (Lipinski definition) is 3. The van der Waals surface area contributed by atoms with Crippen LogP contribution in [0.25, 0.3) is 0 Å². The summed E-state index contributed by atoms with van der Waals surface area (Å²) in [5.74, 6) is 0.167. The first kappa shape index (κ1) is 15.3. The van der Waals surface area contributed by atoms with Crippen molar-refractivity contribution in [2.24, 2.45) is 5.41 Å². The van der Waals surface area contributed by atoms with Crippen molar-refractivity contribution in [1.82, 2.24) is 10.6 Å². The zero-order chi connectivity index (χ0) is 15.5. The highest BCUT2D eigenvalue weighted by Crippen LogP contribution is 2.31. The molecule has 1 aromatic carbocycles. The molecule has 0 fully saturated rings. The summed E-state index contributed by atoms with van der Waals surface area (Å²) in [5.41, 5.74) is 0.198.